The molecule has 0 bridgehead atoms. The van der Waals surface area contributed by atoms with Crippen LogP contribution in [0.5, 0.6) is 0 Å². The van der Waals surface area contributed by atoms with Crippen molar-refractivity contribution in [1.29, 1.82) is 0 Å². The van der Waals surface area contributed by atoms with Gasteiger partial charge >= 0.3 is 0 Å². The lowest BCUT2D eigenvalue weighted by Gasteiger charge is -2.09. The van der Waals surface area contributed by atoms with Gasteiger partial charge in [-0.2, -0.15) is 0 Å². The minimum atomic E-state index is -0.282. The molecule has 3 heteroatoms. The number of rotatable bonds is 4. The molecular weight excluding hydrogens is 219 g/mol. The van der Waals surface area contributed by atoms with Crippen molar-refractivity contribution in [2.45, 2.75) is 38.7 Å². The molecule has 2 rings (SSSR count). The monoisotopic (exact) mass is 236 g/mol. The van der Waals surface area contributed by atoms with Crippen molar-refractivity contribution >= 4 is 5.78 Å². The highest BCUT2D eigenvalue weighted by atomic mass is 19.1. The first-order chi connectivity index (χ1) is 8.15. The van der Waals surface area contributed by atoms with Crippen molar-refractivity contribution in [2.75, 3.05) is 6.61 Å². The average molecular weight is 236 g/mol. The van der Waals surface area contributed by atoms with Crippen LogP contribution in [0, 0.1) is 12.7 Å². The number of ether oxygens (including phenoxy) is 1. The summed E-state index contributed by atoms with van der Waals surface area (Å²) in [7, 11) is 0. The number of hydrogen-bond acceptors (Lipinski definition) is 2. The largest absolute Gasteiger partial charge is 0.378 e. The predicted molar refractivity (Wildman–Crippen MR) is 63.4 cm³/mol. The van der Waals surface area contributed by atoms with Crippen molar-refractivity contribution in [3.05, 3.63) is 35.1 Å². The minimum absolute atomic E-state index is 0.0800. The molecule has 1 heterocycles. The summed E-state index contributed by atoms with van der Waals surface area (Å²) in [6.45, 7) is 2.66. The molecule has 2 nitrogen and oxygen atoms in total. The highest BCUT2D eigenvalue weighted by molar-refractivity contribution is 5.81. The Morgan fingerprint density at radius 1 is 1.53 bits per heavy atom. The topological polar surface area (TPSA) is 26.3 Å². The Bertz CT molecular complexity index is 409. The molecule has 1 unspecified atom stereocenters. The van der Waals surface area contributed by atoms with Gasteiger partial charge in [0.2, 0.25) is 0 Å². The summed E-state index contributed by atoms with van der Waals surface area (Å²) in [5, 5.41) is 0. The van der Waals surface area contributed by atoms with Crippen LogP contribution in [0.15, 0.2) is 18.2 Å². The molecule has 0 saturated carbocycles. The van der Waals surface area contributed by atoms with Gasteiger partial charge < -0.3 is 4.74 Å². The van der Waals surface area contributed by atoms with E-state index in [1.807, 2.05) is 6.92 Å². The molecule has 0 spiro atoms. The van der Waals surface area contributed by atoms with E-state index in [1.165, 1.54) is 12.1 Å². The summed E-state index contributed by atoms with van der Waals surface area (Å²) in [6.07, 6.45) is 2.85. The number of hydrogen-bond donors (Lipinski definition) is 0. The first kappa shape index (κ1) is 12.2. The van der Waals surface area contributed by atoms with Crippen LogP contribution in [-0.2, 0) is 16.0 Å². The van der Waals surface area contributed by atoms with Crippen molar-refractivity contribution in [3.63, 3.8) is 0 Å². The van der Waals surface area contributed by atoms with Gasteiger partial charge in [0.05, 0.1) is 6.10 Å². The standard InChI is InChI=1S/C14H17FO2/c1-10-4-5-12(15)7-11(10)8-13(16)9-14-3-2-6-17-14/h4-5,7,14H,2-3,6,8-9H2,1H3. The smallest absolute Gasteiger partial charge is 0.139 e. The average Bonchev–Trinajstić information content (AvgIpc) is 2.76. The number of halogens is 1. The third kappa shape index (κ3) is 3.37. The molecular formula is C14H17FO2. The van der Waals surface area contributed by atoms with Crippen molar-refractivity contribution in [2.24, 2.45) is 0 Å². The molecule has 1 aromatic rings. The zero-order valence-corrected chi connectivity index (χ0v) is 10.0. The number of benzene rings is 1. The summed E-state index contributed by atoms with van der Waals surface area (Å²) in [5.74, 6) is -0.152. The van der Waals surface area contributed by atoms with E-state index in [1.54, 1.807) is 6.07 Å². The van der Waals surface area contributed by atoms with Crippen molar-refractivity contribution in [1.82, 2.24) is 0 Å². The molecule has 0 N–H and O–H groups in total. The van der Waals surface area contributed by atoms with E-state index in [2.05, 4.69) is 0 Å². The molecule has 1 aromatic carbocycles. The predicted octanol–water partition coefficient (Wildman–Crippen LogP) is 2.81. The van der Waals surface area contributed by atoms with Gasteiger partial charge in [-0.1, -0.05) is 6.07 Å². The first-order valence-electron chi connectivity index (χ1n) is 6.03. The van der Waals surface area contributed by atoms with E-state index in [9.17, 15) is 9.18 Å². The quantitative estimate of drug-likeness (QED) is 0.803. The molecule has 0 aromatic heterocycles. The maximum Gasteiger partial charge on any atom is 0.139 e. The van der Waals surface area contributed by atoms with Crippen LogP contribution in [-0.4, -0.2) is 18.5 Å². The maximum absolute atomic E-state index is 13.1. The van der Waals surface area contributed by atoms with Crippen molar-refractivity contribution in [3.8, 4) is 0 Å². The summed E-state index contributed by atoms with van der Waals surface area (Å²) < 4.78 is 18.5. The molecule has 0 aliphatic carbocycles. The molecule has 1 fully saturated rings. The summed E-state index contributed by atoms with van der Waals surface area (Å²) in [4.78, 5) is 11.8. The van der Waals surface area contributed by atoms with Crippen LogP contribution in [0.3, 0.4) is 0 Å². The Morgan fingerprint density at radius 3 is 3.06 bits per heavy atom. The first-order valence-corrected chi connectivity index (χ1v) is 6.03. The zero-order chi connectivity index (χ0) is 12.3. The maximum atomic E-state index is 13.1. The third-order valence-corrected chi connectivity index (χ3v) is 3.18. The number of carbonyl (C=O) groups is 1. The molecule has 1 aliphatic rings. The highest BCUT2D eigenvalue weighted by Crippen LogP contribution is 2.18. The fourth-order valence-electron chi connectivity index (χ4n) is 2.17. The Labute approximate surface area is 101 Å². The van der Waals surface area contributed by atoms with Crippen LogP contribution in [0.25, 0.3) is 0 Å². The zero-order valence-electron chi connectivity index (χ0n) is 10.0. The van der Waals surface area contributed by atoms with Crippen LogP contribution in [0.2, 0.25) is 0 Å². The van der Waals surface area contributed by atoms with E-state index in [4.69, 9.17) is 4.74 Å². The number of ketones is 1. The second-order valence-corrected chi connectivity index (χ2v) is 4.63. The lowest BCUT2D eigenvalue weighted by molar-refractivity contribution is -0.120. The Hall–Kier alpha value is -1.22. The summed E-state index contributed by atoms with van der Waals surface area (Å²) >= 11 is 0. The summed E-state index contributed by atoms with van der Waals surface area (Å²) in [6, 6.07) is 4.58. The van der Waals surface area contributed by atoms with Crippen molar-refractivity contribution < 1.29 is 13.9 Å². The van der Waals surface area contributed by atoms with Crippen LogP contribution in [0.1, 0.15) is 30.4 Å². The van der Waals surface area contributed by atoms with E-state index in [0.29, 0.717) is 12.8 Å². The normalized spacial score (nSPS) is 19.5. The number of Topliss-reactive ketones (excluding diaryl/α,β-unsaturated/α-hetero) is 1. The fraction of sp³-hybridized carbons (Fsp3) is 0.500. The second kappa shape index (κ2) is 5.41. The van der Waals surface area contributed by atoms with Gasteiger partial charge in [-0.3, -0.25) is 4.79 Å². The van der Waals surface area contributed by atoms with E-state index >= 15 is 0 Å². The molecule has 1 aliphatic heterocycles. The SMILES string of the molecule is Cc1ccc(F)cc1CC(=O)CC1CCCO1. The molecule has 0 amide bonds. The van der Waals surface area contributed by atoms with Gasteiger partial charge in [-0.15, -0.1) is 0 Å². The van der Waals surface area contributed by atoms with Crippen LogP contribution in [0.4, 0.5) is 4.39 Å². The Morgan fingerprint density at radius 2 is 2.35 bits per heavy atom. The highest BCUT2D eigenvalue weighted by Gasteiger charge is 2.19. The molecule has 92 valence electrons. The Kier molecular flexibility index (Phi) is 3.89. The van der Waals surface area contributed by atoms with Gasteiger partial charge in [-0.05, 0) is 43.0 Å². The third-order valence-electron chi connectivity index (χ3n) is 3.18. The van der Waals surface area contributed by atoms with E-state index in [-0.39, 0.29) is 17.7 Å². The summed E-state index contributed by atoms with van der Waals surface area (Å²) in [5.41, 5.74) is 1.75. The van der Waals surface area contributed by atoms with Gasteiger partial charge in [0, 0.05) is 19.4 Å². The number of aryl methyl sites for hydroxylation is 1. The van der Waals surface area contributed by atoms with Gasteiger partial charge in [0.1, 0.15) is 11.6 Å². The lowest BCUT2D eigenvalue weighted by Crippen LogP contribution is -2.14. The molecule has 1 saturated heterocycles. The van der Waals surface area contributed by atoms with Gasteiger partial charge in [-0.25, -0.2) is 4.39 Å². The lowest BCUT2D eigenvalue weighted by atomic mass is 10.00. The second-order valence-electron chi connectivity index (χ2n) is 4.63. The Balaban J connectivity index is 1.95. The molecule has 0 radical (unpaired) electrons. The van der Waals surface area contributed by atoms with Gasteiger partial charge in [0.15, 0.2) is 0 Å². The fourth-order valence-corrected chi connectivity index (χ4v) is 2.17. The molecule has 1 atom stereocenters. The minimum Gasteiger partial charge on any atom is -0.378 e. The molecule has 17 heavy (non-hydrogen) atoms. The number of carbonyl (C=O) groups excluding carboxylic acids is 1. The van der Waals surface area contributed by atoms with E-state index in [0.717, 1.165) is 30.6 Å². The van der Waals surface area contributed by atoms with Crippen LogP contribution >= 0.6 is 0 Å². The van der Waals surface area contributed by atoms with E-state index < -0.39 is 0 Å². The van der Waals surface area contributed by atoms with Gasteiger partial charge in [0.25, 0.3) is 0 Å². The van der Waals surface area contributed by atoms with Crippen LogP contribution < -0.4 is 0 Å².